The van der Waals surface area contributed by atoms with Crippen LogP contribution >= 0.6 is 11.6 Å². The highest BCUT2D eigenvalue weighted by atomic mass is 35.5. The summed E-state index contributed by atoms with van der Waals surface area (Å²) in [6, 6.07) is 1.47. The standard InChI is InChI=1S/C8H5ClF2O2/c1-4(12)13-8-3-6(10)5(9)2-7(8)11/h2-3H,1H3. The van der Waals surface area contributed by atoms with Gasteiger partial charge in [-0.1, -0.05) is 11.6 Å². The second-order valence-electron chi connectivity index (χ2n) is 2.29. The maximum absolute atomic E-state index is 12.9. The van der Waals surface area contributed by atoms with Gasteiger partial charge < -0.3 is 4.74 Å². The lowest BCUT2D eigenvalue weighted by Crippen LogP contribution is -2.03. The predicted molar refractivity (Wildman–Crippen MR) is 42.7 cm³/mol. The average Bonchev–Trinajstić information content (AvgIpc) is 1.99. The summed E-state index contributed by atoms with van der Waals surface area (Å²) in [6.07, 6.45) is 0. The third-order valence-electron chi connectivity index (χ3n) is 1.23. The number of ether oxygens (including phenoxy) is 1. The van der Waals surface area contributed by atoms with E-state index in [0.717, 1.165) is 19.1 Å². The molecule has 5 heteroatoms. The molecule has 2 nitrogen and oxygen atoms in total. The highest BCUT2D eigenvalue weighted by Crippen LogP contribution is 2.24. The Kier molecular flexibility index (Phi) is 2.83. The first-order valence-corrected chi connectivity index (χ1v) is 3.71. The van der Waals surface area contributed by atoms with Crippen LogP contribution in [-0.2, 0) is 4.79 Å². The molecule has 0 spiro atoms. The van der Waals surface area contributed by atoms with Crippen LogP contribution in [0.3, 0.4) is 0 Å². The SMILES string of the molecule is CC(=O)Oc1cc(F)c(Cl)cc1F. The Morgan fingerprint density at radius 1 is 1.38 bits per heavy atom. The molecule has 0 amide bonds. The van der Waals surface area contributed by atoms with Crippen LogP contribution < -0.4 is 4.74 Å². The van der Waals surface area contributed by atoms with Crippen LogP contribution in [0.25, 0.3) is 0 Å². The van der Waals surface area contributed by atoms with E-state index in [0.29, 0.717) is 0 Å². The third-order valence-corrected chi connectivity index (χ3v) is 1.52. The lowest BCUT2D eigenvalue weighted by molar-refractivity contribution is -0.132. The normalized spacial score (nSPS) is 9.85. The zero-order valence-corrected chi connectivity index (χ0v) is 7.36. The first-order chi connectivity index (χ1) is 6.00. The molecule has 70 valence electrons. The van der Waals surface area contributed by atoms with Crippen LogP contribution in [0.15, 0.2) is 12.1 Å². The first kappa shape index (κ1) is 9.92. The van der Waals surface area contributed by atoms with Crippen molar-refractivity contribution in [3.63, 3.8) is 0 Å². The highest BCUT2D eigenvalue weighted by molar-refractivity contribution is 6.30. The maximum Gasteiger partial charge on any atom is 0.308 e. The molecule has 0 heterocycles. The summed E-state index contributed by atoms with van der Waals surface area (Å²) in [7, 11) is 0. The lowest BCUT2D eigenvalue weighted by atomic mass is 10.3. The molecule has 0 radical (unpaired) electrons. The Bertz CT molecular complexity index is 352. The molecule has 0 aromatic heterocycles. The molecular weight excluding hydrogens is 202 g/mol. The molecule has 0 N–H and O–H groups in total. The molecule has 0 saturated carbocycles. The zero-order valence-electron chi connectivity index (χ0n) is 6.61. The van der Waals surface area contributed by atoms with Gasteiger partial charge in [0.05, 0.1) is 5.02 Å². The Morgan fingerprint density at radius 3 is 2.54 bits per heavy atom. The number of esters is 1. The van der Waals surface area contributed by atoms with Crippen molar-refractivity contribution in [2.75, 3.05) is 0 Å². The van der Waals surface area contributed by atoms with Crippen molar-refractivity contribution in [3.05, 3.63) is 28.8 Å². The van der Waals surface area contributed by atoms with E-state index in [1.165, 1.54) is 0 Å². The zero-order chi connectivity index (χ0) is 10.0. The predicted octanol–water partition coefficient (Wildman–Crippen LogP) is 2.54. The van der Waals surface area contributed by atoms with Crippen molar-refractivity contribution in [2.24, 2.45) is 0 Å². The van der Waals surface area contributed by atoms with Crippen molar-refractivity contribution < 1.29 is 18.3 Å². The van der Waals surface area contributed by atoms with Crippen molar-refractivity contribution in [1.29, 1.82) is 0 Å². The molecule has 0 saturated heterocycles. The van der Waals surface area contributed by atoms with Gasteiger partial charge in [0.15, 0.2) is 11.6 Å². The van der Waals surface area contributed by atoms with Gasteiger partial charge in [0.25, 0.3) is 0 Å². The van der Waals surface area contributed by atoms with Crippen LogP contribution in [0.2, 0.25) is 5.02 Å². The van der Waals surface area contributed by atoms with Gasteiger partial charge in [0.1, 0.15) is 5.82 Å². The minimum atomic E-state index is -0.874. The second kappa shape index (κ2) is 3.70. The number of carbonyl (C=O) groups is 1. The van der Waals surface area contributed by atoms with Crippen molar-refractivity contribution >= 4 is 17.6 Å². The average molecular weight is 207 g/mol. The molecular formula is C8H5ClF2O2. The van der Waals surface area contributed by atoms with Crippen molar-refractivity contribution in [2.45, 2.75) is 6.92 Å². The summed E-state index contributed by atoms with van der Waals surface area (Å²) in [5, 5.41) is -0.353. The maximum atomic E-state index is 12.9. The van der Waals surface area contributed by atoms with E-state index >= 15 is 0 Å². The van der Waals surface area contributed by atoms with E-state index in [-0.39, 0.29) is 5.02 Å². The summed E-state index contributed by atoms with van der Waals surface area (Å²) in [5.41, 5.74) is 0. The number of halogens is 3. The van der Waals surface area contributed by atoms with Crippen molar-refractivity contribution in [1.82, 2.24) is 0 Å². The smallest absolute Gasteiger partial charge is 0.308 e. The molecule has 0 unspecified atom stereocenters. The van der Waals surface area contributed by atoms with Gasteiger partial charge in [0.2, 0.25) is 0 Å². The Balaban J connectivity index is 3.08. The van der Waals surface area contributed by atoms with E-state index in [9.17, 15) is 13.6 Å². The van der Waals surface area contributed by atoms with Crippen LogP contribution in [0.4, 0.5) is 8.78 Å². The number of hydrogen-bond acceptors (Lipinski definition) is 2. The summed E-state index contributed by atoms with van der Waals surface area (Å²) in [4.78, 5) is 10.4. The summed E-state index contributed by atoms with van der Waals surface area (Å²) in [6.45, 7) is 1.09. The Labute approximate surface area is 78.1 Å². The summed E-state index contributed by atoms with van der Waals surface area (Å²) < 4.78 is 30.0. The number of rotatable bonds is 1. The highest BCUT2D eigenvalue weighted by Gasteiger charge is 2.10. The van der Waals surface area contributed by atoms with E-state index in [2.05, 4.69) is 4.74 Å². The van der Waals surface area contributed by atoms with Crippen LogP contribution in [0, 0.1) is 11.6 Å². The molecule has 0 aliphatic carbocycles. The number of hydrogen-bond donors (Lipinski definition) is 0. The Morgan fingerprint density at radius 2 is 2.00 bits per heavy atom. The van der Waals surface area contributed by atoms with Crippen LogP contribution in [-0.4, -0.2) is 5.97 Å². The molecule has 0 atom stereocenters. The van der Waals surface area contributed by atoms with Gasteiger partial charge in [-0.05, 0) is 6.07 Å². The number of benzene rings is 1. The van der Waals surface area contributed by atoms with Crippen LogP contribution in [0.1, 0.15) is 6.92 Å². The van der Waals surface area contributed by atoms with Gasteiger partial charge in [-0.3, -0.25) is 4.79 Å². The molecule has 0 aliphatic heterocycles. The van der Waals surface area contributed by atoms with Gasteiger partial charge in [-0.15, -0.1) is 0 Å². The van der Waals surface area contributed by atoms with E-state index in [1.54, 1.807) is 0 Å². The van der Waals surface area contributed by atoms with Gasteiger partial charge >= 0.3 is 5.97 Å². The van der Waals surface area contributed by atoms with Gasteiger partial charge in [-0.2, -0.15) is 0 Å². The first-order valence-electron chi connectivity index (χ1n) is 3.33. The number of carbonyl (C=O) groups excluding carboxylic acids is 1. The van der Waals surface area contributed by atoms with Crippen molar-refractivity contribution in [3.8, 4) is 5.75 Å². The van der Waals surface area contributed by atoms with Gasteiger partial charge in [-0.25, -0.2) is 8.78 Å². The minimum Gasteiger partial charge on any atom is -0.423 e. The topological polar surface area (TPSA) is 26.3 Å². The monoisotopic (exact) mass is 206 g/mol. The summed E-state index contributed by atoms with van der Waals surface area (Å²) in [5.74, 6) is -2.89. The molecule has 1 aromatic rings. The molecule has 0 bridgehead atoms. The lowest BCUT2D eigenvalue weighted by Gasteiger charge is -2.03. The molecule has 0 fully saturated rings. The second-order valence-corrected chi connectivity index (χ2v) is 2.70. The molecule has 1 rings (SSSR count). The van der Waals surface area contributed by atoms with Crippen LogP contribution in [0.5, 0.6) is 5.75 Å². The molecule has 13 heavy (non-hydrogen) atoms. The van der Waals surface area contributed by atoms with Gasteiger partial charge in [0, 0.05) is 13.0 Å². The fraction of sp³-hybridized carbons (Fsp3) is 0.125. The molecule has 1 aromatic carbocycles. The quantitative estimate of drug-likeness (QED) is 0.401. The Hall–Kier alpha value is -1.16. The summed E-state index contributed by atoms with van der Waals surface area (Å²) >= 11 is 5.27. The van der Waals surface area contributed by atoms with E-state index < -0.39 is 23.4 Å². The fourth-order valence-electron chi connectivity index (χ4n) is 0.737. The van der Waals surface area contributed by atoms with E-state index in [1.807, 2.05) is 0 Å². The fourth-order valence-corrected chi connectivity index (χ4v) is 0.888. The third kappa shape index (κ3) is 2.39. The largest absolute Gasteiger partial charge is 0.423 e. The minimum absolute atomic E-state index is 0.353. The molecule has 0 aliphatic rings. The van der Waals surface area contributed by atoms with E-state index in [4.69, 9.17) is 11.6 Å².